The third-order valence-electron chi connectivity index (χ3n) is 5.97. The van der Waals surface area contributed by atoms with Crippen LogP contribution < -0.4 is 0 Å². The van der Waals surface area contributed by atoms with Crippen LogP contribution in [0.5, 0.6) is 0 Å². The molecular weight excluding hydrogens is 350 g/mol. The summed E-state index contributed by atoms with van der Waals surface area (Å²) in [4.78, 5) is 16.8. The van der Waals surface area contributed by atoms with E-state index in [1.165, 1.54) is 0 Å². The maximum atomic E-state index is 12.8. The Morgan fingerprint density at radius 3 is 2.65 bits per heavy atom. The fraction of sp³-hybridized carbons (Fsp3) is 0.579. The average Bonchev–Trinajstić information content (AvgIpc) is 2.89. The molecule has 1 aliphatic carbocycles. The van der Waals surface area contributed by atoms with Gasteiger partial charge in [-0.25, -0.2) is 8.42 Å². The summed E-state index contributed by atoms with van der Waals surface area (Å²) in [7, 11) is -3.14. The van der Waals surface area contributed by atoms with Crippen molar-refractivity contribution in [1.82, 2.24) is 9.80 Å². The van der Waals surface area contributed by atoms with Crippen molar-refractivity contribution in [2.45, 2.75) is 37.9 Å². The van der Waals surface area contributed by atoms with Crippen LogP contribution >= 0.6 is 0 Å². The third-order valence-corrected chi connectivity index (χ3v) is 7.67. The Bertz CT molecular complexity index is 857. The number of piperazine rings is 1. The highest BCUT2D eigenvalue weighted by atomic mass is 32.2. The summed E-state index contributed by atoms with van der Waals surface area (Å²) in [6.07, 6.45) is 2.96. The second kappa shape index (κ2) is 6.67. The van der Waals surface area contributed by atoms with Crippen molar-refractivity contribution in [3.8, 4) is 6.07 Å². The van der Waals surface area contributed by atoms with Crippen LogP contribution in [0.4, 0.5) is 0 Å². The normalized spacial score (nSPS) is 28.2. The zero-order valence-electron chi connectivity index (χ0n) is 14.7. The van der Waals surface area contributed by atoms with Gasteiger partial charge in [-0.3, -0.25) is 9.69 Å². The number of carbonyl (C=O) groups is 1. The van der Waals surface area contributed by atoms with Crippen LogP contribution in [-0.2, 0) is 21.2 Å². The third kappa shape index (κ3) is 3.24. The van der Waals surface area contributed by atoms with Crippen molar-refractivity contribution in [2.24, 2.45) is 5.92 Å². The zero-order valence-corrected chi connectivity index (χ0v) is 15.5. The molecule has 0 bridgehead atoms. The Hall–Kier alpha value is -1.91. The lowest BCUT2D eigenvalue weighted by Crippen LogP contribution is -2.61. The number of sulfone groups is 1. The molecule has 1 saturated carbocycles. The van der Waals surface area contributed by atoms with E-state index in [0.717, 1.165) is 24.8 Å². The van der Waals surface area contributed by atoms with Gasteiger partial charge in [0.05, 0.1) is 29.2 Å². The van der Waals surface area contributed by atoms with Crippen LogP contribution in [0, 0.1) is 17.2 Å². The van der Waals surface area contributed by atoms with Crippen LogP contribution in [0.3, 0.4) is 0 Å². The minimum atomic E-state index is -3.14. The van der Waals surface area contributed by atoms with Crippen molar-refractivity contribution in [2.75, 3.05) is 24.6 Å². The lowest BCUT2D eigenvalue weighted by Gasteiger charge is -2.45. The number of fused-ring (bicyclic) bond motifs is 1. The number of benzene rings is 1. The van der Waals surface area contributed by atoms with E-state index in [4.69, 9.17) is 5.26 Å². The summed E-state index contributed by atoms with van der Waals surface area (Å²) < 4.78 is 24.6. The molecule has 2 atom stereocenters. The number of hydrogen-bond acceptors (Lipinski definition) is 5. The summed E-state index contributed by atoms with van der Waals surface area (Å²) in [5.41, 5.74) is 1.61. The molecule has 1 aromatic rings. The van der Waals surface area contributed by atoms with E-state index in [9.17, 15) is 13.2 Å². The Labute approximate surface area is 154 Å². The highest BCUT2D eigenvalue weighted by molar-refractivity contribution is 7.91. The van der Waals surface area contributed by atoms with Crippen LogP contribution in [0.15, 0.2) is 24.3 Å². The fourth-order valence-corrected chi connectivity index (χ4v) is 6.37. The number of carbonyl (C=O) groups excluding carboxylic acids is 1. The minimum absolute atomic E-state index is 0.0743. The summed E-state index contributed by atoms with van der Waals surface area (Å²) in [6, 6.07) is 9.19. The first-order valence-corrected chi connectivity index (χ1v) is 11.0. The summed E-state index contributed by atoms with van der Waals surface area (Å²) in [5.74, 6) is 0.432. The van der Waals surface area contributed by atoms with Crippen LogP contribution in [-0.4, -0.2) is 60.8 Å². The van der Waals surface area contributed by atoms with E-state index < -0.39 is 9.84 Å². The highest BCUT2D eigenvalue weighted by Gasteiger charge is 2.49. The molecule has 2 heterocycles. The number of nitrogens with zero attached hydrogens (tertiary/aromatic N) is 3. The molecule has 7 heteroatoms. The monoisotopic (exact) mass is 373 g/mol. The predicted molar refractivity (Wildman–Crippen MR) is 96.9 cm³/mol. The molecule has 138 valence electrons. The number of hydrogen-bond donors (Lipinski definition) is 0. The molecule has 3 fully saturated rings. The average molecular weight is 373 g/mol. The molecule has 2 saturated heterocycles. The maximum Gasteiger partial charge on any atom is 0.226 e. The van der Waals surface area contributed by atoms with Gasteiger partial charge in [-0.15, -0.1) is 0 Å². The molecule has 4 rings (SSSR count). The summed E-state index contributed by atoms with van der Waals surface area (Å²) in [5, 5.41) is 9.08. The lowest BCUT2D eigenvalue weighted by atomic mass is 9.83. The predicted octanol–water partition coefficient (Wildman–Crippen LogP) is 1.17. The highest BCUT2D eigenvalue weighted by Crippen LogP contribution is 2.33. The molecule has 26 heavy (non-hydrogen) atoms. The van der Waals surface area contributed by atoms with Gasteiger partial charge in [0.2, 0.25) is 5.91 Å². The number of rotatable bonds is 3. The van der Waals surface area contributed by atoms with Crippen molar-refractivity contribution >= 4 is 15.7 Å². The molecule has 0 radical (unpaired) electrons. The van der Waals surface area contributed by atoms with E-state index in [1.54, 1.807) is 6.07 Å². The topological polar surface area (TPSA) is 81.5 Å². The largest absolute Gasteiger partial charge is 0.336 e. The zero-order chi connectivity index (χ0) is 18.3. The van der Waals surface area contributed by atoms with Gasteiger partial charge in [-0.2, -0.15) is 5.26 Å². The van der Waals surface area contributed by atoms with E-state index in [-0.39, 0.29) is 35.4 Å². The molecule has 1 aromatic carbocycles. The van der Waals surface area contributed by atoms with Crippen molar-refractivity contribution in [1.29, 1.82) is 5.26 Å². The van der Waals surface area contributed by atoms with Crippen molar-refractivity contribution < 1.29 is 13.2 Å². The van der Waals surface area contributed by atoms with Gasteiger partial charge in [0, 0.05) is 31.6 Å². The van der Waals surface area contributed by atoms with E-state index >= 15 is 0 Å². The molecule has 3 aliphatic rings. The van der Waals surface area contributed by atoms with Crippen LogP contribution in [0.25, 0.3) is 0 Å². The van der Waals surface area contributed by atoms with E-state index in [1.807, 2.05) is 23.1 Å². The molecule has 2 aliphatic heterocycles. The Morgan fingerprint density at radius 2 is 1.96 bits per heavy atom. The van der Waals surface area contributed by atoms with Crippen molar-refractivity contribution in [3.05, 3.63) is 35.4 Å². The van der Waals surface area contributed by atoms with Crippen LogP contribution in [0.1, 0.15) is 30.4 Å². The van der Waals surface area contributed by atoms with Gasteiger partial charge < -0.3 is 4.90 Å². The standard InChI is InChI=1S/C19H23N3O3S/c20-10-14-3-1-4-15(9-14)11-21-7-8-22(19(23)16-5-2-6-16)18-13-26(24,25)12-17(18)21/h1,3-4,9,16-18H,2,5-8,11-13H2/t17-,18+/m0/s1. The molecule has 0 N–H and O–H groups in total. The minimum Gasteiger partial charge on any atom is -0.336 e. The van der Waals surface area contributed by atoms with E-state index in [2.05, 4.69) is 11.0 Å². The number of amides is 1. The quantitative estimate of drug-likeness (QED) is 0.794. The molecule has 6 nitrogen and oxygen atoms in total. The van der Waals surface area contributed by atoms with Crippen LogP contribution in [0.2, 0.25) is 0 Å². The Balaban J connectivity index is 1.55. The maximum absolute atomic E-state index is 12.8. The van der Waals surface area contributed by atoms with Gasteiger partial charge in [-0.1, -0.05) is 18.6 Å². The fourth-order valence-electron chi connectivity index (χ4n) is 4.36. The lowest BCUT2D eigenvalue weighted by molar-refractivity contribution is -0.144. The Morgan fingerprint density at radius 1 is 1.19 bits per heavy atom. The van der Waals surface area contributed by atoms with Gasteiger partial charge in [0.1, 0.15) is 0 Å². The first-order valence-electron chi connectivity index (χ1n) is 9.21. The van der Waals surface area contributed by atoms with Crippen molar-refractivity contribution in [3.63, 3.8) is 0 Å². The number of nitriles is 1. The second-order valence-electron chi connectivity index (χ2n) is 7.65. The molecule has 0 aromatic heterocycles. The molecule has 1 amide bonds. The van der Waals surface area contributed by atoms with E-state index in [0.29, 0.717) is 25.2 Å². The molecule has 0 spiro atoms. The molecule has 0 unspecified atom stereocenters. The smallest absolute Gasteiger partial charge is 0.226 e. The second-order valence-corrected chi connectivity index (χ2v) is 9.81. The van der Waals surface area contributed by atoms with Gasteiger partial charge in [0.25, 0.3) is 0 Å². The first kappa shape index (κ1) is 17.5. The molecular formula is C19H23N3O3S. The SMILES string of the molecule is N#Cc1cccc(CN2CCN(C(=O)C3CCC3)[C@@H]3CS(=O)(=O)C[C@@H]32)c1. The summed E-state index contributed by atoms with van der Waals surface area (Å²) in [6.45, 7) is 1.87. The van der Waals surface area contributed by atoms with Gasteiger partial charge in [-0.05, 0) is 30.5 Å². The van der Waals surface area contributed by atoms with Gasteiger partial charge >= 0.3 is 0 Å². The van der Waals surface area contributed by atoms with Gasteiger partial charge in [0.15, 0.2) is 9.84 Å². The Kier molecular flexibility index (Phi) is 4.49. The first-order chi connectivity index (χ1) is 12.5. The summed E-state index contributed by atoms with van der Waals surface area (Å²) >= 11 is 0.